The van der Waals surface area contributed by atoms with Gasteiger partial charge in [-0.25, -0.2) is 9.97 Å². The predicted molar refractivity (Wildman–Crippen MR) is 152 cm³/mol. The molecule has 0 atom stereocenters. The summed E-state index contributed by atoms with van der Waals surface area (Å²) in [5.74, 6) is 3.29. The van der Waals surface area contributed by atoms with Gasteiger partial charge in [-0.05, 0) is 56.1 Å². The van der Waals surface area contributed by atoms with Crippen LogP contribution in [0.15, 0.2) is 40.4 Å². The number of Topliss-reactive ketones (excluding diaryl/α,β-unsaturated/α-hetero) is 1. The highest BCUT2D eigenvalue weighted by atomic mass is 32.2. The van der Waals surface area contributed by atoms with E-state index in [2.05, 4.69) is 25.3 Å². The fourth-order valence-corrected chi connectivity index (χ4v) is 5.33. The van der Waals surface area contributed by atoms with Crippen molar-refractivity contribution < 1.29 is 14.3 Å². The zero-order chi connectivity index (χ0) is 27.2. The minimum absolute atomic E-state index is 0.279. The van der Waals surface area contributed by atoms with E-state index in [1.165, 1.54) is 11.8 Å². The highest BCUT2D eigenvalue weighted by molar-refractivity contribution is 7.99. The molecule has 0 spiro atoms. The van der Waals surface area contributed by atoms with Gasteiger partial charge in [-0.1, -0.05) is 12.1 Å². The number of ether oxygens (including phenoxy) is 2. The summed E-state index contributed by atoms with van der Waals surface area (Å²) in [6, 6.07) is 10.1. The van der Waals surface area contributed by atoms with Crippen LogP contribution in [0, 0.1) is 12.8 Å². The summed E-state index contributed by atoms with van der Waals surface area (Å²) < 4.78 is 11.4. The van der Waals surface area contributed by atoms with E-state index in [0.717, 1.165) is 74.1 Å². The number of H-pyrrole nitrogens is 1. The monoisotopic (exact) mass is 551 g/mol. The van der Waals surface area contributed by atoms with Gasteiger partial charge in [0, 0.05) is 68.8 Å². The number of methoxy groups -OCH3 is 1. The fourth-order valence-electron chi connectivity index (χ4n) is 4.58. The Balaban J connectivity index is 1.40. The Bertz CT molecular complexity index is 1250. The molecule has 3 aromatic rings. The van der Waals surface area contributed by atoms with Crippen molar-refractivity contribution in [1.82, 2.24) is 25.1 Å². The fraction of sp³-hybridized carbons (Fsp3) is 0.500. The standard InChI is InChI=1S/C28H37N7O3S/c1-4-38-25-26(29-24-17-19(2)32-33-24)30-28(31-27(25)35-13-11-34(12-14-35)15-16-37-3)39-22-9-5-20(6-10-22)18-23(36)21-7-8-21/h5-6,9-10,17,21H,4,7-8,11-16,18H2,1-3H3,(H2,29,30,31,32,33). The predicted octanol–water partition coefficient (Wildman–Crippen LogP) is 4.09. The second-order valence-corrected chi connectivity index (χ2v) is 11.0. The Morgan fingerprint density at radius 1 is 1.15 bits per heavy atom. The van der Waals surface area contributed by atoms with E-state index < -0.39 is 0 Å². The molecule has 2 aromatic heterocycles. The molecule has 39 heavy (non-hydrogen) atoms. The molecule has 1 aromatic carbocycles. The van der Waals surface area contributed by atoms with E-state index in [4.69, 9.17) is 19.4 Å². The van der Waals surface area contributed by atoms with E-state index in [1.54, 1.807) is 7.11 Å². The van der Waals surface area contributed by atoms with Crippen LogP contribution in [0.2, 0.25) is 0 Å². The van der Waals surface area contributed by atoms with Crippen LogP contribution >= 0.6 is 11.8 Å². The van der Waals surface area contributed by atoms with Gasteiger partial charge in [0.05, 0.1) is 13.2 Å². The number of nitrogens with one attached hydrogen (secondary N) is 2. The second-order valence-electron chi connectivity index (χ2n) is 9.99. The second kappa shape index (κ2) is 12.8. The molecule has 1 saturated carbocycles. The van der Waals surface area contributed by atoms with E-state index in [0.29, 0.717) is 41.4 Å². The molecule has 0 radical (unpaired) electrons. The summed E-state index contributed by atoms with van der Waals surface area (Å²) in [6.07, 6.45) is 2.59. The van der Waals surface area contributed by atoms with Crippen molar-refractivity contribution in [3.8, 4) is 5.75 Å². The molecule has 10 nitrogen and oxygen atoms in total. The van der Waals surface area contributed by atoms with Gasteiger partial charge in [-0.15, -0.1) is 0 Å². The summed E-state index contributed by atoms with van der Waals surface area (Å²) >= 11 is 1.50. The van der Waals surface area contributed by atoms with Gasteiger partial charge < -0.3 is 19.7 Å². The SMILES string of the molecule is CCOc1c(Nc2cc(C)[nH]n2)nc(Sc2ccc(CC(=O)C3CC3)cc2)nc1N1CCN(CCOC)CC1. The van der Waals surface area contributed by atoms with Crippen LogP contribution in [0.4, 0.5) is 17.5 Å². The van der Waals surface area contributed by atoms with E-state index in [-0.39, 0.29) is 5.92 Å². The first kappa shape index (κ1) is 27.4. The first-order chi connectivity index (χ1) is 19.0. The normalized spacial score (nSPS) is 15.9. The molecule has 2 fully saturated rings. The third-order valence-corrected chi connectivity index (χ3v) is 7.77. The van der Waals surface area contributed by atoms with Crippen LogP contribution in [-0.2, 0) is 16.0 Å². The molecule has 5 rings (SSSR count). The summed E-state index contributed by atoms with van der Waals surface area (Å²) in [4.78, 5) is 27.8. The lowest BCUT2D eigenvalue weighted by Gasteiger charge is -2.36. The molecule has 1 aliphatic heterocycles. The van der Waals surface area contributed by atoms with Gasteiger partial charge in [0.25, 0.3) is 0 Å². The minimum Gasteiger partial charge on any atom is -0.487 e. The minimum atomic E-state index is 0.279. The number of hydrogen-bond donors (Lipinski definition) is 2. The number of ketones is 1. The van der Waals surface area contributed by atoms with Crippen LogP contribution in [0.1, 0.15) is 31.0 Å². The molecule has 0 unspecified atom stereocenters. The highest BCUT2D eigenvalue weighted by Gasteiger charge is 2.29. The Labute approximate surface area is 233 Å². The number of carbonyl (C=O) groups excluding carboxylic acids is 1. The van der Waals surface area contributed by atoms with Crippen LogP contribution in [0.5, 0.6) is 5.75 Å². The summed E-state index contributed by atoms with van der Waals surface area (Å²) in [5.41, 5.74) is 2.00. The van der Waals surface area contributed by atoms with Crippen LogP contribution in [-0.4, -0.2) is 83.9 Å². The molecule has 0 bridgehead atoms. The van der Waals surface area contributed by atoms with Crippen molar-refractivity contribution in [1.29, 1.82) is 0 Å². The van der Waals surface area contributed by atoms with Gasteiger partial charge in [-0.2, -0.15) is 5.10 Å². The van der Waals surface area contributed by atoms with Crippen molar-refractivity contribution in [2.45, 2.75) is 43.2 Å². The molecule has 2 aliphatic rings. The van der Waals surface area contributed by atoms with Crippen LogP contribution in [0.3, 0.4) is 0 Å². The number of nitrogens with zero attached hydrogens (tertiary/aromatic N) is 5. The Kier molecular flexibility index (Phi) is 9.00. The summed E-state index contributed by atoms with van der Waals surface area (Å²) in [7, 11) is 1.74. The highest BCUT2D eigenvalue weighted by Crippen LogP contribution is 2.39. The van der Waals surface area contributed by atoms with E-state index in [9.17, 15) is 4.79 Å². The lowest BCUT2D eigenvalue weighted by molar-refractivity contribution is -0.119. The average molecular weight is 552 g/mol. The quantitative estimate of drug-likeness (QED) is 0.302. The lowest BCUT2D eigenvalue weighted by atomic mass is 10.1. The number of aromatic nitrogens is 4. The Morgan fingerprint density at radius 3 is 2.56 bits per heavy atom. The zero-order valence-electron chi connectivity index (χ0n) is 22.9. The van der Waals surface area contributed by atoms with Crippen molar-refractivity contribution in [3.05, 3.63) is 41.6 Å². The van der Waals surface area contributed by atoms with Crippen LogP contribution < -0.4 is 15.0 Å². The molecule has 3 heterocycles. The largest absolute Gasteiger partial charge is 0.487 e. The van der Waals surface area contributed by atoms with Crippen LogP contribution in [0.25, 0.3) is 0 Å². The summed E-state index contributed by atoms with van der Waals surface area (Å²) in [5, 5.41) is 11.3. The smallest absolute Gasteiger partial charge is 0.205 e. The number of anilines is 3. The molecular formula is C28H37N7O3S. The topological polar surface area (TPSA) is 108 Å². The third-order valence-electron chi connectivity index (χ3n) is 6.90. The van der Waals surface area contributed by atoms with Crippen molar-refractivity contribution in [2.24, 2.45) is 5.92 Å². The number of hydrogen-bond acceptors (Lipinski definition) is 10. The number of carbonyl (C=O) groups is 1. The molecule has 11 heteroatoms. The average Bonchev–Trinajstić information content (AvgIpc) is 3.72. The first-order valence-electron chi connectivity index (χ1n) is 13.6. The van der Waals surface area contributed by atoms with Crippen molar-refractivity contribution in [2.75, 3.05) is 63.3 Å². The van der Waals surface area contributed by atoms with E-state index >= 15 is 0 Å². The maximum absolute atomic E-state index is 12.2. The molecule has 2 N–H and O–H groups in total. The van der Waals surface area contributed by atoms with Crippen molar-refractivity contribution >= 4 is 35.0 Å². The molecule has 0 amide bonds. The maximum atomic E-state index is 12.2. The van der Waals surface area contributed by atoms with Crippen molar-refractivity contribution in [3.63, 3.8) is 0 Å². The molecular weight excluding hydrogens is 514 g/mol. The Hall–Kier alpha value is -3.15. The van der Waals surface area contributed by atoms with E-state index in [1.807, 2.05) is 44.2 Å². The number of rotatable bonds is 13. The van der Waals surface area contributed by atoms with Gasteiger partial charge in [0.1, 0.15) is 5.78 Å². The number of aryl methyl sites for hydroxylation is 1. The Morgan fingerprint density at radius 2 is 1.92 bits per heavy atom. The van der Waals surface area contributed by atoms with Gasteiger partial charge in [0.15, 0.2) is 22.6 Å². The maximum Gasteiger partial charge on any atom is 0.205 e. The number of aromatic amines is 1. The summed E-state index contributed by atoms with van der Waals surface area (Å²) in [6.45, 7) is 9.56. The lowest BCUT2D eigenvalue weighted by Crippen LogP contribution is -2.47. The van der Waals surface area contributed by atoms with Gasteiger partial charge in [-0.3, -0.25) is 14.8 Å². The van der Waals surface area contributed by atoms with Gasteiger partial charge in [0.2, 0.25) is 5.75 Å². The van der Waals surface area contributed by atoms with Gasteiger partial charge >= 0.3 is 0 Å². The first-order valence-corrected chi connectivity index (χ1v) is 14.4. The number of benzene rings is 1. The number of piperazine rings is 1. The molecule has 208 valence electrons. The zero-order valence-corrected chi connectivity index (χ0v) is 23.7. The molecule has 1 saturated heterocycles. The molecule has 1 aliphatic carbocycles. The third kappa shape index (κ3) is 7.28.